The fraction of sp³-hybridized carbons (Fsp3) is 0.320. The second kappa shape index (κ2) is 9.17. The molecule has 1 fully saturated rings. The number of furan rings is 1. The lowest BCUT2D eigenvalue weighted by Gasteiger charge is -2.30. The maximum absolute atomic E-state index is 13.1. The summed E-state index contributed by atoms with van der Waals surface area (Å²) in [6.07, 6.45) is -0.992. The Hall–Kier alpha value is -4.09. The largest absolute Gasteiger partial charge is 0.497 e. The number of carbonyl (C=O) groups excluding carboxylic acids is 3. The second-order valence-electron chi connectivity index (χ2n) is 8.85. The number of urea groups is 2. The van der Waals surface area contributed by atoms with Crippen LogP contribution in [0.25, 0.3) is 11.0 Å². The van der Waals surface area contributed by atoms with Gasteiger partial charge in [-0.3, -0.25) is 15.0 Å². The summed E-state index contributed by atoms with van der Waals surface area (Å²) in [6.45, 7) is 3.03. The number of nitrogens with one attached hydrogen (secondary N) is 4. The monoisotopic (exact) mass is 493 g/mol. The second-order valence-corrected chi connectivity index (χ2v) is 8.85. The Balaban J connectivity index is 1.44. The number of imide groups is 1. The van der Waals surface area contributed by atoms with E-state index in [0.717, 1.165) is 11.1 Å². The summed E-state index contributed by atoms with van der Waals surface area (Å²) in [5.41, 5.74) is 1.41. The van der Waals surface area contributed by atoms with Crippen molar-refractivity contribution in [1.29, 1.82) is 0 Å². The van der Waals surface area contributed by atoms with Crippen LogP contribution in [0.5, 0.6) is 5.75 Å². The van der Waals surface area contributed by atoms with Crippen molar-refractivity contribution >= 4 is 28.9 Å². The molecule has 2 aliphatic heterocycles. The van der Waals surface area contributed by atoms with Crippen LogP contribution in [0, 0.1) is 0 Å². The van der Waals surface area contributed by atoms with E-state index in [9.17, 15) is 19.5 Å². The molecular weight excluding hydrogens is 466 g/mol. The number of fused-ring (bicyclic) bond motifs is 2. The van der Waals surface area contributed by atoms with Crippen LogP contribution in [-0.2, 0) is 23.4 Å². The highest BCUT2D eigenvalue weighted by atomic mass is 16.5. The van der Waals surface area contributed by atoms with E-state index in [2.05, 4.69) is 21.3 Å². The number of methoxy groups -OCH3 is 1. The van der Waals surface area contributed by atoms with Gasteiger partial charge in [-0.25, -0.2) is 9.59 Å². The number of benzene rings is 2. The van der Waals surface area contributed by atoms with E-state index in [0.29, 0.717) is 41.9 Å². The molecule has 0 saturated carbocycles. The predicted molar refractivity (Wildman–Crippen MR) is 129 cm³/mol. The molecule has 3 heterocycles. The summed E-state index contributed by atoms with van der Waals surface area (Å²) in [6, 6.07) is 11.7. The third kappa shape index (κ3) is 4.12. The molecule has 188 valence electrons. The Labute approximate surface area is 206 Å². The van der Waals surface area contributed by atoms with Crippen LogP contribution in [0.1, 0.15) is 35.6 Å². The Morgan fingerprint density at radius 3 is 2.78 bits per heavy atom. The van der Waals surface area contributed by atoms with Gasteiger partial charge in [-0.05, 0) is 48.4 Å². The first-order chi connectivity index (χ1) is 17.3. The quantitative estimate of drug-likeness (QED) is 0.316. The fourth-order valence-electron chi connectivity index (χ4n) is 4.71. The molecule has 2 unspecified atom stereocenters. The van der Waals surface area contributed by atoms with E-state index in [1.807, 2.05) is 31.2 Å². The van der Waals surface area contributed by atoms with Crippen molar-refractivity contribution in [2.24, 2.45) is 0 Å². The van der Waals surface area contributed by atoms with Crippen molar-refractivity contribution in [3.05, 3.63) is 64.9 Å². The third-order valence-corrected chi connectivity index (χ3v) is 6.52. The Bertz CT molecular complexity index is 1350. The summed E-state index contributed by atoms with van der Waals surface area (Å²) in [5, 5.41) is 22.2. The van der Waals surface area contributed by atoms with Crippen molar-refractivity contribution < 1.29 is 28.6 Å². The van der Waals surface area contributed by atoms with Gasteiger partial charge >= 0.3 is 12.1 Å². The lowest BCUT2D eigenvalue weighted by molar-refractivity contribution is -0.127. The highest BCUT2D eigenvalue weighted by Crippen LogP contribution is 2.39. The van der Waals surface area contributed by atoms with Crippen LogP contribution < -0.4 is 26.0 Å². The molecule has 2 aromatic carbocycles. The molecule has 5 rings (SSSR count). The summed E-state index contributed by atoms with van der Waals surface area (Å²) in [4.78, 5) is 38.8. The van der Waals surface area contributed by atoms with Gasteiger partial charge in [-0.2, -0.15) is 0 Å². The summed E-state index contributed by atoms with van der Waals surface area (Å²) in [5.74, 6) is 0.298. The van der Waals surface area contributed by atoms with Crippen molar-refractivity contribution in [3.63, 3.8) is 0 Å². The van der Waals surface area contributed by atoms with E-state index in [1.165, 1.54) is 0 Å². The predicted octanol–water partition coefficient (Wildman–Crippen LogP) is 1.80. The molecule has 0 spiro atoms. The molecule has 36 heavy (non-hydrogen) atoms. The van der Waals surface area contributed by atoms with Gasteiger partial charge in [-0.1, -0.05) is 12.1 Å². The first kappa shape index (κ1) is 23.6. The first-order valence-electron chi connectivity index (χ1n) is 11.6. The summed E-state index contributed by atoms with van der Waals surface area (Å²) < 4.78 is 11.3. The van der Waals surface area contributed by atoms with Crippen molar-refractivity contribution in [3.8, 4) is 5.75 Å². The standard InChI is InChI=1S/C25H27N5O6/c1-3-26-23(33)27-11-14-4-7-19-16(8-14)9-20(36-19)25(22(32)28-24(34)29-25)13-30-12-15-5-6-17(35-2)10-18(15)21(30)31/h4-10,21,31H,3,11-13H2,1-2H3,(H2,26,27,33)(H2,28,29,32,34). The smallest absolute Gasteiger partial charge is 0.322 e. The zero-order chi connectivity index (χ0) is 25.4. The average Bonchev–Trinajstić information content (AvgIpc) is 3.51. The first-order valence-corrected chi connectivity index (χ1v) is 11.6. The van der Waals surface area contributed by atoms with E-state index in [-0.39, 0.29) is 18.3 Å². The van der Waals surface area contributed by atoms with Gasteiger partial charge in [-0.15, -0.1) is 0 Å². The number of hydrogen-bond acceptors (Lipinski definition) is 7. The SMILES string of the molecule is CCNC(=O)NCc1ccc2oc(C3(CN4Cc5ccc(OC)cc5C4O)NC(=O)NC3=O)cc2c1. The molecule has 2 aliphatic rings. The molecule has 5 amide bonds. The highest BCUT2D eigenvalue weighted by Gasteiger charge is 2.53. The number of aliphatic hydroxyl groups excluding tert-OH is 1. The Morgan fingerprint density at radius 2 is 2.06 bits per heavy atom. The Morgan fingerprint density at radius 1 is 1.22 bits per heavy atom. The molecule has 0 bridgehead atoms. The number of ether oxygens (including phenoxy) is 1. The van der Waals surface area contributed by atoms with Crippen LogP contribution >= 0.6 is 0 Å². The molecule has 1 saturated heterocycles. The van der Waals surface area contributed by atoms with E-state index in [1.54, 1.807) is 30.2 Å². The molecule has 1 aromatic heterocycles. The normalized spacial score (nSPS) is 21.2. The maximum atomic E-state index is 13.1. The summed E-state index contributed by atoms with van der Waals surface area (Å²) in [7, 11) is 1.55. The van der Waals surface area contributed by atoms with Gasteiger partial charge in [0.25, 0.3) is 5.91 Å². The van der Waals surface area contributed by atoms with Gasteiger partial charge in [0.1, 0.15) is 23.3 Å². The average molecular weight is 494 g/mol. The molecule has 11 heteroatoms. The van der Waals surface area contributed by atoms with Crippen LogP contribution in [0.4, 0.5) is 9.59 Å². The molecule has 0 radical (unpaired) electrons. The van der Waals surface area contributed by atoms with Crippen molar-refractivity contribution in [1.82, 2.24) is 26.2 Å². The number of aliphatic hydroxyl groups is 1. The summed E-state index contributed by atoms with van der Waals surface area (Å²) >= 11 is 0. The van der Waals surface area contributed by atoms with Crippen molar-refractivity contribution in [2.45, 2.75) is 31.8 Å². The van der Waals surface area contributed by atoms with Crippen molar-refractivity contribution in [2.75, 3.05) is 20.2 Å². The van der Waals surface area contributed by atoms with E-state index in [4.69, 9.17) is 9.15 Å². The minimum absolute atomic E-state index is 0.0197. The van der Waals surface area contributed by atoms with Gasteiger partial charge in [0.15, 0.2) is 5.54 Å². The lowest BCUT2D eigenvalue weighted by Crippen LogP contribution is -2.52. The minimum Gasteiger partial charge on any atom is -0.497 e. The van der Waals surface area contributed by atoms with Crippen LogP contribution in [0.15, 0.2) is 46.9 Å². The molecule has 2 atom stereocenters. The molecule has 3 aromatic rings. The number of carbonyl (C=O) groups is 3. The lowest BCUT2D eigenvalue weighted by atomic mass is 9.95. The van der Waals surface area contributed by atoms with Crippen LogP contribution in [-0.4, -0.2) is 48.2 Å². The molecular formula is C25H27N5O6. The number of hydrogen-bond donors (Lipinski definition) is 5. The molecule has 5 N–H and O–H groups in total. The third-order valence-electron chi connectivity index (χ3n) is 6.52. The fourth-order valence-corrected chi connectivity index (χ4v) is 4.71. The van der Waals surface area contributed by atoms with Gasteiger partial charge in [0, 0.05) is 37.1 Å². The molecule has 11 nitrogen and oxygen atoms in total. The molecule has 0 aliphatic carbocycles. The van der Waals surface area contributed by atoms with Crippen LogP contribution in [0.2, 0.25) is 0 Å². The van der Waals surface area contributed by atoms with Crippen LogP contribution in [0.3, 0.4) is 0 Å². The number of rotatable bonds is 7. The maximum Gasteiger partial charge on any atom is 0.322 e. The highest BCUT2D eigenvalue weighted by molar-refractivity contribution is 6.07. The zero-order valence-corrected chi connectivity index (χ0v) is 19.9. The van der Waals surface area contributed by atoms with Gasteiger partial charge < -0.3 is 30.2 Å². The number of nitrogens with zero attached hydrogens (tertiary/aromatic N) is 1. The van der Waals surface area contributed by atoms with E-state index >= 15 is 0 Å². The Kier molecular flexibility index (Phi) is 6.02. The number of amides is 5. The zero-order valence-electron chi connectivity index (χ0n) is 19.9. The minimum atomic E-state index is -1.54. The van der Waals surface area contributed by atoms with E-state index < -0.39 is 23.7 Å². The topological polar surface area (TPSA) is 145 Å². The van der Waals surface area contributed by atoms with Gasteiger partial charge in [0.2, 0.25) is 0 Å². The van der Waals surface area contributed by atoms with Gasteiger partial charge in [0.05, 0.1) is 7.11 Å².